The Kier molecular flexibility index (Phi) is 4.29. The molecule has 0 aliphatic carbocycles. The van der Waals surface area contributed by atoms with Crippen LogP contribution in [0.1, 0.15) is 24.1 Å². The maximum Gasteiger partial charge on any atom is 0.125 e. The number of hydrogen-bond acceptors (Lipinski definition) is 4. The smallest absolute Gasteiger partial charge is 0.125 e. The lowest BCUT2D eigenvalue weighted by molar-refractivity contribution is 0.407. The van der Waals surface area contributed by atoms with Gasteiger partial charge in [0.05, 0.1) is 13.3 Å². The number of aryl methyl sites for hydroxylation is 1. The molecule has 2 N–H and O–H groups in total. The predicted molar refractivity (Wildman–Crippen MR) is 80.9 cm³/mol. The van der Waals surface area contributed by atoms with Gasteiger partial charge >= 0.3 is 0 Å². The molecule has 1 aromatic carbocycles. The van der Waals surface area contributed by atoms with E-state index >= 15 is 0 Å². The zero-order chi connectivity index (χ0) is 14.7. The Labute approximate surface area is 119 Å². The van der Waals surface area contributed by atoms with E-state index in [-0.39, 0.29) is 6.04 Å². The first kappa shape index (κ1) is 14.4. The Morgan fingerprint density at radius 1 is 1.45 bits per heavy atom. The van der Waals surface area contributed by atoms with E-state index < -0.39 is 0 Å². The second kappa shape index (κ2) is 5.96. The van der Waals surface area contributed by atoms with E-state index in [4.69, 9.17) is 10.5 Å². The van der Waals surface area contributed by atoms with Crippen LogP contribution in [0.4, 0.5) is 5.69 Å². The zero-order valence-electron chi connectivity index (χ0n) is 12.5. The van der Waals surface area contributed by atoms with Crippen LogP contribution < -0.4 is 15.4 Å². The van der Waals surface area contributed by atoms with Crippen LogP contribution in [0, 0.1) is 0 Å². The average molecular weight is 274 g/mol. The first-order valence-electron chi connectivity index (χ1n) is 6.64. The van der Waals surface area contributed by atoms with Crippen LogP contribution in [0.2, 0.25) is 0 Å². The lowest BCUT2D eigenvalue weighted by Gasteiger charge is -2.25. The van der Waals surface area contributed by atoms with Crippen molar-refractivity contribution in [1.82, 2.24) is 9.78 Å². The lowest BCUT2D eigenvalue weighted by Crippen LogP contribution is -2.20. The minimum atomic E-state index is -0.0856. The van der Waals surface area contributed by atoms with Gasteiger partial charge in [0, 0.05) is 49.7 Å². The fourth-order valence-corrected chi connectivity index (χ4v) is 2.41. The summed E-state index contributed by atoms with van der Waals surface area (Å²) in [5.74, 6) is 0.829. The van der Waals surface area contributed by atoms with E-state index in [2.05, 4.69) is 16.1 Å². The summed E-state index contributed by atoms with van der Waals surface area (Å²) in [5.41, 5.74) is 9.38. The standard InChI is InChI=1S/C15H22N4O/c1-11(16)15-13(6-5-7-14(15)20-4)18(2)9-12-8-17-19(3)10-12/h5-8,10-11H,9,16H2,1-4H3/t11-/m0/s1. The van der Waals surface area contributed by atoms with E-state index in [1.807, 2.05) is 45.5 Å². The third kappa shape index (κ3) is 2.93. The topological polar surface area (TPSA) is 56.3 Å². The molecular weight excluding hydrogens is 252 g/mol. The molecule has 1 atom stereocenters. The van der Waals surface area contributed by atoms with Gasteiger partial charge in [-0.2, -0.15) is 5.10 Å². The van der Waals surface area contributed by atoms with Crippen molar-refractivity contribution in [2.24, 2.45) is 12.8 Å². The van der Waals surface area contributed by atoms with Crippen molar-refractivity contribution in [3.8, 4) is 5.75 Å². The van der Waals surface area contributed by atoms with Crippen molar-refractivity contribution in [2.45, 2.75) is 19.5 Å². The van der Waals surface area contributed by atoms with Gasteiger partial charge in [0.25, 0.3) is 0 Å². The van der Waals surface area contributed by atoms with Crippen LogP contribution in [0.5, 0.6) is 5.75 Å². The van der Waals surface area contributed by atoms with Gasteiger partial charge in [0.2, 0.25) is 0 Å². The van der Waals surface area contributed by atoms with Crippen LogP contribution in [0.15, 0.2) is 30.6 Å². The SMILES string of the molecule is COc1cccc(N(C)Cc2cnn(C)c2)c1[C@H](C)N. The molecule has 5 heteroatoms. The van der Waals surface area contributed by atoms with Crippen LogP contribution in [0.3, 0.4) is 0 Å². The molecule has 0 radical (unpaired) electrons. The fraction of sp³-hybridized carbons (Fsp3) is 0.400. The highest BCUT2D eigenvalue weighted by Crippen LogP contribution is 2.33. The molecule has 1 aromatic heterocycles. The molecule has 0 saturated carbocycles. The largest absolute Gasteiger partial charge is 0.496 e. The minimum absolute atomic E-state index is 0.0856. The number of methoxy groups -OCH3 is 1. The van der Waals surface area contributed by atoms with Gasteiger partial charge in [-0.05, 0) is 19.1 Å². The Morgan fingerprint density at radius 2 is 2.20 bits per heavy atom. The van der Waals surface area contributed by atoms with E-state index in [1.54, 1.807) is 11.8 Å². The molecule has 0 unspecified atom stereocenters. The molecule has 2 rings (SSSR count). The van der Waals surface area contributed by atoms with Crippen LogP contribution in [0.25, 0.3) is 0 Å². The second-order valence-corrected chi connectivity index (χ2v) is 5.06. The van der Waals surface area contributed by atoms with Crippen LogP contribution in [-0.4, -0.2) is 23.9 Å². The second-order valence-electron chi connectivity index (χ2n) is 5.06. The average Bonchev–Trinajstić information content (AvgIpc) is 2.82. The van der Waals surface area contributed by atoms with Crippen molar-refractivity contribution in [1.29, 1.82) is 0 Å². The number of anilines is 1. The van der Waals surface area contributed by atoms with E-state index in [1.165, 1.54) is 0 Å². The quantitative estimate of drug-likeness (QED) is 0.907. The van der Waals surface area contributed by atoms with Crippen molar-refractivity contribution < 1.29 is 4.74 Å². The molecule has 0 saturated heterocycles. The van der Waals surface area contributed by atoms with Gasteiger partial charge in [-0.1, -0.05) is 6.07 Å². The molecule has 2 aromatic rings. The minimum Gasteiger partial charge on any atom is -0.496 e. The molecule has 0 fully saturated rings. The molecule has 0 amide bonds. The van der Waals surface area contributed by atoms with Crippen molar-refractivity contribution >= 4 is 5.69 Å². The van der Waals surface area contributed by atoms with Crippen LogP contribution >= 0.6 is 0 Å². The fourth-order valence-electron chi connectivity index (χ4n) is 2.41. The summed E-state index contributed by atoms with van der Waals surface area (Å²) in [6.07, 6.45) is 3.89. The normalized spacial score (nSPS) is 12.2. The van der Waals surface area contributed by atoms with E-state index in [0.717, 1.165) is 29.1 Å². The summed E-state index contributed by atoms with van der Waals surface area (Å²) in [6, 6.07) is 5.91. The molecular formula is C15H22N4O. The summed E-state index contributed by atoms with van der Waals surface area (Å²) in [7, 11) is 5.64. The molecule has 0 spiro atoms. The zero-order valence-corrected chi connectivity index (χ0v) is 12.5. The highest BCUT2D eigenvalue weighted by atomic mass is 16.5. The van der Waals surface area contributed by atoms with E-state index in [0.29, 0.717) is 0 Å². The summed E-state index contributed by atoms with van der Waals surface area (Å²) in [4.78, 5) is 2.16. The number of benzene rings is 1. The highest BCUT2D eigenvalue weighted by Gasteiger charge is 2.16. The summed E-state index contributed by atoms with van der Waals surface area (Å²) in [5, 5.41) is 4.20. The monoisotopic (exact) mass is 274 g/mol. The number of nitrogens with zero attached hydrogens (tertiary/aromatic N) is 3. The Bertz CT molecular complexity index is 577. The van der Waals surface area contributed by atoms with Crippen molar-refractivity contribution in [3.05, 3.63) is 41.7 Å². The summed E-state index contributed by atoms with van der Waals surface area (Å²) in [6.45, 7) is 2.75. The third-order valence-electron chi connectivity index (χ3n) is 3.31. The van der Waals surface area contributed by atoms with Gasteiger partial charge in [0.1, 0.15) is 5.75 Å². The maximum atomic E-state index is 6.10. The predicted octanol–water partition coefficient (Wildman–Crippen LogP) is 2.08. The van der Waals surface area contributed by atoms with Gasteiger partial charge in [-0.15, -0.1) is 0 Å². The molecule has 0 aliphatic rings. The number of aromatic nitrogens is 2. The van der Waals surface area contributed by atoms with Gasteiger partial charge in [-0.3, -0.25) is 4.68 Å². The molecule has 20 heavy (non-hydrogen) atoms. The Morgan fingerprint density at radius 3 is 2.75 bits per heavy atom. The lowest BCUT2D eigenvalue weighted by atomic mass is 10.0. The van der Waals surface area contributed by atoms with Gasteiger partial charge in [0.15, 0.2) is 0 Å². The highest BCUT2D eigenvalue weighted by molar-refractivity contribution is 5.60. The van der Waals surface area contributed by atoms with Gasteiger partial charge < -0.3 is 15.4 Å². The Hall–Kier alpha value is -2.01. The Balaban J connectivity index is 2.31. The molecule has 0 bridgehead atoms. The van der Waals surface area contributed by atoms with Crippen molar-refractivity contribution in [2.75, 3.05) is 19.1 Å². The van der Waals surface area contributed by atoms with Crippen molar-refractivity contribution in [3.63, 3.8) is 0 Å². The first-order chi connectivity index (χ1) is 9.52. The molecule has 5 nitrogen and oxygen atoms in total. The number of hydrogen-bond donors (Lipinski definition) is 1. The molecule has 0 aliphatic heterocycles. The number of nitrogens with two attached hydrogens (primary N) is 1. The summed E-state index contributed by atoms with van der Waals surface area (Å²) < 4.78 is 7.24. The molecule has 1 heterocycles. The number of rotatable bonds is 5. The van der Waals surface area contributed by atoms with Crippen LogP contribution in [-0.2, 0) is 13.6 Å². The third-order valence-corrected chi connectivity index (χ3v) is 3.31. The summed E-state index contributed by atoms with van der Waals surface area (Å²) >= 11 is 0. The molecule has 108 valence electrons. The van der Waals surface area contributed by atoms with Gasteiger partial charge in [-0.25, -0.2) is 0 Å². The first-order valence-corrected chi connectivity index (χ1v) is 6.64. The number of ether oxygens (including phenoxy) is 1. The maximum absolute atomic E-state index is 6.10. The van der Waals surface area contributed by atoms with E-state index in [9.17, 15) is 0 Å².